The molecule has 1 aliphatic rings. The lowest BCUT2D eigenvalue weighted by Gasteiger charge is -2.15. The summed E-state index contributed by atoms with van der Waals surface area (Å²) in [5.74, 6) is -0.202. The zero-order valence-corrected chi connectivity index (χ0v) is 14.8. The van der Waals surface area contributed by atoms with Crippen LogP contribution in [0.4, 0.5) is 17.1 Å². The van der Waals surface area contributed by atoms with Gasteiger partial charge in [-0.3, -0.25) is 9.10 Å². The average molecular weight is 366 g/mol. The summed E-state index contributed by atoms with van der Waals surface area (Å²) in [5.41, 5.74) is 8.76. The van der Waals surface area contributed by atoms with Crippen LogP contribution in [0.1, 0.15) is 10.4 Å². The molecule has 6 nitrogen and oxygen atoms in total. The van der Waals surface area contributed by atoms with Crippen molar-refractivity contribution in [2.45, 2.75) is 0 Å². The molecule has 0 spiro atoms. The summed E-state index contributed by atoms with van der Waals surface area (Å²) in [4.78, 5) is 12.6. The van der Waals surface area contributed by atoms with Gasteiger partial charge in [-0.1, -0.05) is 24.3 Å². The minimum Gasteiger partial charge on any atom is -0.398 e. The Balaban J connectivity index is 1.57. The first kappa shape index (κ1) is 16.6. The lowest BCUT2D eigenvalue weighted by Crippen LogP contribution is -2.22. The van der Waals surface area contributed by atoms with Crippen LogP contribution in [-0.4, -0.2) is 23.2 Å². The van der Waals surface area contributed by atoms with Crippen molar-refractivity contribution >= 4 is 44.9 Å². The van der Waals surface area contributed by atoms with E-state index >= 15 is 0 Å². The van der Waals surface area contributed by atoms with Gasteiger partial charge >= 0.3 is 0 Å². The molecule has 4 rings (SSSR count). The fourth-order valence-electron chi connectivity index (χ4n) is 3.04. The fourth-order valence-corrected chi connectivity index (χ4v) is 4.03. The van der Waals surface area contributed by atoms with Crippen molar-refractivity contribution < 1.29 is 9.00 Å². The first-order valence-electron chi connectivity index (χ1n) is 8.25. The number of nitrogens with one attached hydrogen (secondary N) is 2. The van der Waals surface area contributed by atoms with Gasteiger partial charge in [0.1, 0.15) is 0 Å². The molecule has 1 unspecified atom stereocenters. The Morgan fingerprint density at radius 3 is 2.50 bits per heavy atom. The van der Waals surface area contributed by atoms with Gasteiger partial charge in [0.25, 0.3) is 5.91 Å². The largest absolute Gasteiger partial charge is 0.398 e. The highest BCUT2D eigenvalue weighted by Crippen LogP contribution is 2.28. The number of anilines is 3. The normalized spacial score (nSPS) is 16.8. The van der Waals surface area contributed by atoms with Gasteiger partial charge in [0.2, 0.25) is 0 Å². The van der Waals surface area contributed by atoms with Gasteiger partial charge in [-0.15, -0.1) is 0 Å². The second-order valence-corrected chi connectivity index (χ2v) is 7.22. The molecular weight excluding hydrogens is 348 g/mol. The molecular formula is C19H18N4O2S. The zero-order chi connectivity index (χ0) is 18.1. The van der Waals surface area contributed by atoms with E-state index in [1.165, 1.54) is 0 Å². The van der Waals surface area contributed by atoms with Gasteiger partial charge in [0.05, 0.1) is 5.69 Å². The maximum atomic E-state index is 12.6. The number of nitrogen functional groups attached to an aromatic ring is 1. The van der Waals surface area contributed by atoms with Crippen molar-refractivity contribution in [3.8, 4) is 0 Å². The van der Waals surface area contributed by atoms with Crippen molar-refractivity contribution in [2.24, 2.45) is 0 Å². The smallest absolute Gasteiger partial charge is 0.255 e. The lowest BCUT2D eigenvalue weighted by atomic mass is 10.1. The maximum Gasteiger partial charge on any atom is 0.255 e. The number of fused-ring (bicyclic) bond motifs is 1. The van der Waals surface area contributed by atoms with E-state index in [4.69, 9.17) is 5.73 Å². The molecule has 0 aromatic heterocycles. The van der Waals surface area contributed by atoms with Crippen molar-refractivity contribution in [3.05, 3.63) is 66.2 Å². The molecule has 0 radical (unpaired) electrons. The van der Waals surface area contributed by atoms with Crippen LogP contribution in [0, 0.1) is 0 Å². The van der Waals surface area contributed by atoms with Crippen LogP contribution in [0.2, 0.25) is 0 Å². The molecule has 132 valence electrons. The van der Waals surface area contributed by atoms with E-state index in [2.05, 4.69) is 10.0 Å². The SMILES string of the molecule is Nc1cccc2c(NC(=O)c3ccc(N4CCNS4=O)cc3)cccc12. The predicted molar refractivity (Wildman–Crippen MR) is 106 cm³/mol. The minimum atomic E-state index is -1.21. The summed E-state index contributed by atoms with van der Waals surface area (Å²) in [5, 5.41) is 4.75. The monoisotopic (exact) mass is 366 g/mol. The molecule has 1 fully saturated rings. The molecule has 0 bridgehead atoms. The Morgan fingerprint density at radius 2 is 1.77 bits per heavy atom. The van der Waals surface area contributed by atoms with Gasteiger partial charge in [-0.25, -0.2) is 8.93 Å². The molecule has 1 saturated heterocycles. The minimum absolute atomic E-state index is 0.202. The summed E-state index contributed by atoms with van der Waals surface area (Å²) in [6.07, 6.45) is 0. The third-order valence-corrected chi connectivity index (χ3v) is 5.61. The Morgan fingerprint density at radius 1 is 1.04 bits per heavy atom. The molecule has 1 amide bonds. The number of amides is 1. The van der Waals surface area contributed by atoms with E-state index in [1.54, 1.807) is 28.6 Å². The van der Waals surface area contributed by atoms with Crippen LogP contribution < -0.4 is 20.1 Å². The third kappa shape index (κ3) is 3.02. The van der Waals surface area contributed by atoms with Crippen molar-refractivity contribution in [2.75, 3.05) is 28.4 Å². The molecule has 0 aliphatic carbocycles. The van der Waals surface area contributed by atoms with E-state index in [0.29, 0.717) is 30.0 Å². The topological polar surface area (TPSA) is 87.5 Å². The van der Waals surface area contributed by atoms with E-state index in [0.717, 1.165) is 16.5 Å². The highest BCUT2D eigenvalue weighted by atomic mass is 32.2. The molecule has 4 N–H and O–H groups in total. The molecule has 26 heavy (non-hydrogen) atoms. The van der Waals surface area contributed by atoms with Gasteiger partial charge in [-0.05, 0) is 36.4 Å². The molecule has 1 aliphatic heterocycles. The number of carbonyl (C=O) groups is 1. The molecule has 3 aromatic rings. The van der Waals surface area contributed by atoms with E-state index in [1.807, 2.05) is 36.4 Å². The first-order chi connectivity index (χ1) is 12.6. The lowest BCUT2D eigenvalue weighted by molar-refractivity contribution is 0.102. The molecule has 3 aromatic carbocycles. The number of hydrogen-bond acceptors (Lipinski definition) is 3. The second-order valence-electron chi connectivity index (χ2n) is 5.99. The summed E-state index contributed by atoms with van der Waals surface area (Å²) >= 11 is -1.21. The zero-order valence-electron chi connectivity index (χ0n) is 13.9. The maximum absolute atomic E-state index is 12.6. The number of benzene rings is 3. The van der Waals surface area contributed by atoms with Gasteiger partial charge in [0.15, 0.2) is 11.2 Å². The molecule has 1 heterocycles. The number of carbonyl (C=O) groups excluding carboxylic acids is 1. The standard InChI is InChI=1S/C19H18N4O2S/c20-17-5-1-4-16-15(17)3-2-6-18(16)22-19(24)13-7-9-14(10-8-13)23-12-11-21-26(23)25/h1-10,21H,11-12,20H2,(H,22,24). The van der Waals surface area contributed by atoms with Crippen LogP contribution in [0.3, 0.4) is 0 Å². The van der Waals surface area contributed by atoms with E-state index in [-0.39, 0.29) is 5.91 Å². The second kappa shape index (κ2) is 6.78. The molecule has 7 heteroatoms. The number of hydrogen-bond donors (Lipinski definition) is 3. The van der Waals surface area contributed by atoms with Crippen LogP contribution in [0.15, 0.2) is 60.7 Å². The number of nitrogens with zero attached hydrogens (tertiary/aromatic N) is 1. The van der Waals surface area contributed by atoms with Gasteiger partial charge < -0.3 is 11.1 Å². The van der Waals surface area contributed by atoms with Crippen LogP contribution in [0.5, 0.6) is 0 Å². The predicted octanol–water partition coefficient (Wildman–Crippen LogP) is 2.66. The highest BCUT2D eigenvalue weighted by Gasteiger charge is 2.20. The molecule has 0 saturated carbocycles. The van der Waals surface area contributed by atoms with Crippen molar-refractivity contribution in [1.82, 2.24) is 4.72 Å². The van der Waals surface area contributed by atoms with Crippen molar-refractivity contribution in [3.63, 3.8) is 0 Å². The quantitative estimate of drug-likeness (QED) is 0.623. The van der Waals surface area contributed by atoms with E-state index < -0.39 is 11.2 Å². The van der Waals surface area contributed by atoms with Crippen LogP contribution in [-0.2, 0) is 11.2 Å². The van der Waals surface area contributed by atoms with E-state index in [9.17, 15) is 9.00 Å². The summed E-state index contributed by atoms with van der Waals surface area (Å²) in [7, 11) is 0. The van der Waals surface area contributed by atoms with Crippen molar-refractivity contribution in [1.29, 1.82) is 0 Å². The van der Waals surface area contributed by atoms with Gasteiger partial charge in [-0.2, -0.15) is 0 Å². The highest BCUT2D eigenvalue weighted by molar-refractivity contribution is 7.84. The van der Waals surface area contributed by atoms with Crippen LogP contribution in [0.25, 0.3) is 10.8 Å². The third-order valence-electron chi connectivity index (χ3n) is 4.36. The number of nitrogens with two attached hydrogens (primary N) is 1. The summed E-state index contributed by atoms with van der Waals surface area (Å²) in [6, 6.07) is 18.4. The van der Waals surface area contributed by atoms with Crippen LogP contribution >= 0.6 is 0 Å². The summed E-state index contributed by atoms with van der Waals surface area (Å²) in [6.45, 7) is 1.36. The Labute approximate surface area is 153 Å². The fraction of sp³-hybridized carbons (Fsp3) is 0.105. The molecule has 1 atom stereocenters. The summed E-state index contributed by atoms with van der Waals surface area (Å²) < 4.78 is 16.5. The average Bonchev–Trinajstić information content (AvgIpc) is 3.09. The Bertz CT molecular complexity index is 1000. The Hall–Kier alpha value is -2.90. The first-order valence-corrected chi connectivity index (χ1v) is 9.36. The Kier molecular flexibility index (Phi) is 4.32. The number of rotatable bonds is 3. The van der Waals surface area contributed by atoms with Gasteiger partial charge in [0, 0.05) is 40.8 Å².